The predicted molar refractivity (Wildman–Crippen MR) is 109 cm³/mol. The van der Waals surface area contributed by atoms with Crippen LogP contribution in [-0.4, -0.2) is 79.4 Å². The fraction of sp³-hybridized carbons (Fsp3) is 0.591. The Morgan fingerprint density at radius 1 is 1.31 bits per heavy atom. The van der Waals surface area contributed by atoms with Crippen molar-refractivity contribution in [2.24, 2.45) is 5.92 Å². The molecule has 5 rings (SSSR count). The number of aliphatic hydroxyl groups is 1. The lowest BCUT2D eigenvalue weighted by molar-refractivity contribution is -0.146. The second kappa shape index (κ2) is 7.00. The van der Waals surface area contributed by atoms with Crippen LogP contribution in [-0.2, 0) is 14.9 Å². The number of nitrogens with zero attached hydrogens (tertiary/aromatic N) is 2. The van der Waals surface area contributed by atoms with E-state index in [0.29, 0.717) is 19.8 Å². The topological polar surface area (TPSA) is 78.0 Å². The van der Waals surface area contributed by atoms with Crippen molar-refractivity contribution in [1.82, 2.24) is 14.8 Å². The van der Waals surface area contributed by atoms with Gasteiger partial charge in [-0.25, -0.2) is 0 Å². The maximum absolute atomic E-state index is 13.5. The number of fused-ring (bicyclic) bond motifs is 4. The third-order valence-corrected chi connectivity index (χ3v) is 6.92. The molecular weight excluding hydrogens is 370 g/mol. The molecule has 0 saturated carbocycles. The van der Waals surface area contributed by atoms with Gasteiger partial charge in [-0.15, -0.1) is 0 Å². The summed E-state index contributed by atoms with van der Waals surface area (Å²) in [4.78, 5) is 21.2. The zero-order valence-electron chi connectivity index (χ0n) is 17.1. The molecule has 0 bridgehead atoms. The Balaban J connectivity index is 1.61. The van der Waals surface area contributed by atoms with Crippen LogP contribution in [0.1, 0.15) is 30.1 Å². The number of hydrogen-bond donors (Lipinski definition) is 2. The normalized spacial score (nSPS) is 24.5. The second-order valence-electron chi connectivity index (χ2n) is 8.83. The summed E-state index contributed by atoms with van der Waals surface area (Å²) in [5.41, 5.74) is 3.16. The standard InChI is InChI=1S/C22H29N3O4/c1-24-11-22(12-24)13-25(21(27)14-5-7-29-8-6-14)18(10-26)20-19(22)16-4-3-15(28-2)9-17(16)23-20/h3-4,9,14,18,23,26H,5-8,10-13H2,1-2H3/t18-/m1/s1. The largest absolute Gasteiger partial charge is 0.497 e. The zero-order valence-corrected chi connectivity index (χ0v) is 17.1. The van der Waals surface area contributed by atoms with E-state index in [-0.39, 0.29) is 29.9 Å². The van der Waals surface area contributed by atoms with Gasteiger partial charge in [-0.2, -0.15) is 0 Å². The van der Waals surface area contributed by atoms with Crippen LogP contribution < -0.4 is 4.74 Å². The molecule has 1 amide bonds. The summed E-state index contributed by atoms with van der Waals surface area (Å²) in [7, 11) is 3.78. The number of carbonyl (C=O) groups is 1. The van der Waals surface area contributed by atoms with Crippen molar-refractivity contribution in [2.75, 3.05) is 53.6 Å². The van der Waals surface area contributed by atoms with Crippen molar-refractivity contribution in [3.8, 4) is 5.75 Å². The molecule has 0 radical (unpaired) electrons. The zero-order chi connectivity index (χ0) is 20.2. The maximum Gasteiger partial charge on any atom is 0.226 e. The van der Waals surface area contributed by atoms with E-state index in [4.69, 9.17) is 9.47 Å². The highest BCUT2D eigenvalue weighted by Gasteiger charge is 2.53. The number of amides is 1. The highest BCUT2D eigenvalue weighted by atomic mass is 16.5. The summed E-state index contributed by atoms with van der Waals surface area (Å²) in [5, 5.41) is 11.5. The molecule has 7 heteroatoms. The second-order valence-corrected chi connectivity index (χ2v) is 8.83. The van der Waals surface area contributed by atoms with Crippen molar-refractivity contribution in [2.45, 2.75) is 24.3 Å². The first-order valence-electron chi connectivity index (χ1n) is 10.4. The molecule has 2 aromatic rings. The number of benzene rings is 1. The average molecular weight is 399 g/mol. The van der Waals surface area contributed by atoms with Crippen LogP contribution in [0.25, 0.3) is 10.9 Å². The number of nitrogens with one attached hydrogen (secondary N) is 1. The monoisotopic (exact) mass is 399 g/mol. The van der Waals surface area contributed by atoms with Crippen molar-refractivity contribution >= 4 is 16.8 Å². The number of ether oxygens (including phenoxy) is 2. The van der Waals surface area contributed by atoms with Crippen LogP contribution in [0.5, 0.6) is 5.75 Å². The number of H-pyrrole nitrogens is 1. The summed E-state index contributed by atoms with van der Waals surface area (Å²) < 4.78 is 10.9. The number of rotatable bonds is 3. The quantitative estimate of drug-likeness (QED) is 0.821. The Labute approximate surface area is 170 Å². The maximum atomic E-state index is 13.5. The molecule has 2 saturated heterocycles. The number of hydrogen-bond acceptors (Lipinski definition) is 5. The average Bonchev–Trinajstić information content (AvgIpc) is 3.11. The lowest BCUT2D eigenvalue weighted by atomic mass is 9.68. The van der Waals surface area contributed by atoms with Crippen molar-refractivity contribution in [3.05, 3.63) is 29.5 Å². The van der Waals surface area contributed by atoms with Gasteiger partial charge in [-0.05, 0) is 37.6 Å². The van der Waals surface area contributed by atoms with Gasteiger partial charge in [0.05, 0.1) is 19.8 Å². The van der Waals surface area contributed by atoms with Gasteiger partial charge in [0.1, 0.15) is 5.75 Å². The Hall–Kier alpha value is -2.09. The number of aromatic amines is 1. The molecule has 1 aromatic carbocycles. The molecule has 2 fully saturated rings. The molecule has 1 atom stereocenters. The minimum atomic E-state index is -0.338. The molecular formula is C22H29N3O4. The van der Waals surface area contributed by atoms with Crippen LogP contribution in [0.2, 0.25) is 0 Å². The molecule has 2 N–H and O–H groups in total. The highest BCUT2D eigenvalue weighted by Crippen LogP contribution is 2.48. The SMILES string of the molecule is COc1ccc2c3c([nH]c2c1)[C@@H](CO)N(C(=O)C1CCOCC1)CC31CN(C)C1. The van der Waals surface area contributed by atoms with Gasteiger partial charge in [0.25, 0.3) is 0 Å². The summed E-state index contributed by atoms with van der Waals surface area (Å²) in [6, 6.07) is 5.76. The van der Waals surface area contributed by atoms with Crippen LogP contribution >= 0.6 is 0 Å². The van der Waals surface area contributed by atoms with Gasteiger partial charge in [-0.3, -0.25) is 4.79 Å². The number of methoxy groups -OCH3 is 1. The fourth-order valence-corrected chi connectivity index (χ4v) is 5.66. The summed E-state index contributed by atoms with van der Waals surface area (Å²) >= 11 is 0. The molecule has 7 nitrogen and oxygen atoms in total. The van der Waals surface area contributed by atoms with E-state index in [1.54, 1.807) is 7.11 Å². The first-order chi connectivity index (χ1) is 14.1. The number of aromatic nitrogens is 1. The van der Waals surface area contributed by atoms with Gasteiger partial charge in [-0.1, -0.05) is 0 Å². The van der Waals surface area contributed by atoms with Crippen LogP contribution in [0.4, 0.5) is 0 Å². The number of carbonyl (C=O) groups excluding carboxylic acids is 1. The first-order valence-corrected chi connectivity index (χ1v) is 10.4. The van der Waals surface area contributed by atoms with Gasteiger partial charge in [0, 0.05) is 66.8 Å². The number of likely N-dealkylation sites (tertiary alicyclic amines) is 1. The minimum Gasteiger partial charge on any atom is -0.497 e. The van der Waals surface area contributed by atoms with E-state index in [2.05, 4.69) is 23.0 Å². The molecule has 3 aliphatic heterocycles. The Morgan fingerprint density at radius 2 is 2.07 bits per heavy atom. The molecule has 3 aliphatic rings. The van der Waals surface area contributed by atoms with E-state index in [0.717, 1.165) is 42.9 Å². The van der Waals surface area contributed by atoms with Gasteiger partial charge >= 0.3 is 0 Å². The predicted octanol–water partition coefficient (Wildman–Crippen LogP) is 1.66. The van der Waals surface area contributed by atoms with Crippen molar-refractivity contribution in [3.63, 3.8) is 0 Å². The Kier molecular flexibility index (Phi) is 4.57. The third-order valence-electron chi connectivity index (χ3n) is 6.92. The number of aliphatic hydroxyl groups excluding tert-OH is 1. The van der Waals surface area contributed by atoms with E-state index in [1.807, 2.05) is 17.0 Å². The van der Waals surface area contributed by atoms with Crippen molar-refractivity contribution in [1.29, 1.82) is 0 Å². The van der Waals surface area contributed by atoms with Crippen LogP contribution in [0, 0.1) is 5.92 Å². The molecule has 0 aliphatic carbocycles. The van der Waals surface area contributed by atoms with Crippen molar-refractivity contribution < 1.29 is 19.4 Å². The summed E-state index contributed by atoms with van der Waals surface area (Å²) in [6.07, 6.45) is 1.52. The molecule has 29 heavy (non-hydrogen) atoms. The van der Waals surface area contributed by atoms with Gasteiger partial charge in [0.15, 0.2) is 0 Å². The molecule has 156 valence electrons. The fourth-order valence-electron chi connectivity index (χ4n) is 5.66. The Morgan fingerprint density at radius 3 is 2.72 bits per heavy atom. The van der Waals surface area contributed by atoms with E-state index in [1.165, 1.54) is 10.9 Å². The first kappa shape index (κ1) is 18.9. The third kappa shape index (κ3) is 2.86. The molecule has 4 heterocycles. The lowest BCUT2D eigenvalue weighted by Crippen LogP contribution is -2.66. The molecule has 1 aromatic heterocycles. The lowest BCUT2D eigenvalue weighted by Gasteiger charge is -2.55. The smallest absolute Gasteiger partial charge is 0.226 e. The van der Waals surface area contributed by atoms with E-state index >= 15 is 0 Å². The van der Waals surface area contributed by atoms with Gasteiger partial charge < -0.3 is 29.4 Å². The van der Waals surface area contributed by atoms with E-state index in [9.17, 15) is 9.90 Å². The molecule has 0 unspecified atom stereocenters. The van der Waals surface area contributed by atoms with Crippen LogP contribution in [0.15, 0.2) is 18.2 Å². The van der Waals surface area contributed by atoms with E-state index < -0.39 is 0 Å². The number of likely N-dealkylation sites (N-methyl/N-ethyl adjacent to an activating group) is 1. The van der Waals surface area contributed by atoms with Gasteiger partial charge in [0.2, 0.25) is 5.91 Å². The molecule has 1 spiro atoms. The summed E-state index contributed by atoms with van der Waals surface area (Å²) in [6.45, 7) is 3.67. The van der Waals surface area contributed by atoms with Crippen LogP contribution in [0.3, 0.4) is 0 Å². The Bertz CT molecular complexity index is 928. The highest BCUT2D eigenvalue weighted by molar-refractivity contribution is 5.89. The summed E-state index contributed by atoms with van der Waals surface area (Å²) in [5.74, 6) is 0.938. The minimum absolute atomic E-state index is 0.0151.